The van der Waals surface area contributed by atoms with Crippen molar-refractivity contribution in [2.45, 2.75) is 19.6 Å². The van der Waals surface area contributed by atoms with Crippen LogP contribution in [0.25, 0.3) is 0 Å². The maximum Gasteiger partial charge on any atom is 0.339 e. The van der Waals surface area contributed by atoms with Gasteiger partial charge in [0.1, 0.15) is 18.2 Å². The van der Waals surface area contributed by atoms with E-state index in [2.05, 4.69) is 10.3 Å². The molecule has 2 aromatic carbocycles. The number of esters is 1. The maximum absolute atomic E-state index is 12.6. The van der Waals surface area contributed by atoms with Gasteiger partial charge in [-0.3, -0.25) is 4.79 Å². The quantitative estimate of drug-likeness (QED) is 0.580. The molecule has 3 aromatic rings. The Morgan fingerprint density at radius 2 is 1.76 bits per heavy atom. The van der Waals surface area contributed by atoms with Crippen molar-refractivity contribution in [1.29, 1.82) is 0 Å². The number of rotatable bonds is 7. The standard InChI is InChI=1S/C22H19ClN2O4/c1-15(21(26)25-20-12-11-17(23)13-24-20)29-22(27)19-10-6-5-7-16(19)14-28-18-8-3-2-4-9-18/h2-13,15H,14H2,1H3,(H,24,25,26). The minimum Gasteiger partial charge on any atom is -0.489 e. The number of pyridine rings is 1. The molecule has 1 aromatic heterocycles. The predicted molar refractivity (Wildman–Crippen MR) is 110 cm³/mol. The third-order valence-electron chi connectivity index (χ3n) is 4.01. The van der Waals surface area contributed by atoms with Crippen molar-refractivity contribution in [3.8, 4) is 5.75 Å². The molecule has 0 aliphatic carbocycles. The minimum absolute atomic E-state index is 0.199. The largest absolute Gasteiger partial charge is 0.489 e. The molecule has 0 saturated carbocycles. The number of hydrogen-bond donors (Lipinski definition) is 1. The van der Waals surface area contributed by atoms with Gasteiger partial charge in [0, 0.05) is 11.8 Å². The number of para-hydroxylation sites is 1. The summed E-state index contributed by atoms with van der Waals surface area (Å²) >= 11 is 5.77. The topological polar surface area (TPSA) is 77.5 Å². The molecule has 0 spiro atoms. The lowest BCUT2D eigenvalue weighted by atomic mass is 10.1. The van der Waals surface area contributed by atoms with E-state index in [1.165, 1.54) is 13.1 Å². The molecule has 0 aliphatic rings. The fourth-order valence-electron chi connectivity index (χ4n) is 2.48. The summed E-state index contributed by atoms with van der Waals surface area (Å²) < 4.78 is 11.0. The van der Waals surface area contributed by atoms with Crippen LogP contribution in [0.3, 0.4) is 0 Å². The van der Waals surface area contributed by atoms with Crippen molar-refractivity contribution in [1.82, 2.24) is 4.98 Å². The zero-order chi connectivity index (χ0) is 20.6. The molecule has 1 unspecified atom stereocenters. The third kappa shape index (κ3) is 5.80. The second-order valence-corrected chi connectivity index (χ2v) is 6.59. The van der Waals surface area contributed by atoms with Gasteiger partial charge >= 0.3 is 5.97 Å². The third-order valence-corrected chi connectivity index (χ3v) is 4.23. The van der Waals surface area contributed by atoms with Crippen LogP contribution in [0.5, 0.6) is 5.75 Å². The Morgan fingerprint density at radius 3 is 2.48 bits per heavy atom. The number of benzene rings is 2. The van der Waals surface area contributed by atoms with Gasteiger partial charge in [0.25, 0.3) is 5.91 Å². The van der Waals surface area contributed by atoms with E-state index >= 15 is 0 Å². The Bertz CT molecular complexity index is 978. The van der Waals surface area contributed by atoms with Crippen LogP contribution in [-0.2, 0) is 16.1 Å². The van der Waals surface area contributed by atoms with Crippen LogP contribution < -0.4 is 10.1 Å². The van der Waals surface area contributed by atoms with Gasteiger partial charge < -0.3 is 14.8 Å². The lowest BCUT2D eigenvalue weighted by molar-refractivity contribution is -0.123. The van der Waals surface area contributed by atoms with Gasteiger partial charge in [0.2, 0.25) is 0 Å². The first-order valence-electron chi connectivity index (χ1n) is 8.92. The molecule has 148 valence electrons. The summed E-state index contributed by atoms with van der Waals surface area (Å²) in [5.41, 5.74) is 1.00. The molecule has 0 aliphatic heterocycles. The van der Waals surface area contributed by atoms with E-state index in [0.29, 0.717) is 27.7 Å². The number of nitrogens with one attached hydrogen (secondary N) is 1. The summed E-state index contributed by atoms with van der Waals surface area (Å²) in [5, 5.41) is 3.03. The van der Waals surface area contributed by atoms with Crippen molar-refractivity contribution in [2.75, 3.05) is 5.32 Å². The number of amides is 1. The Hall–Kier alpha value is -3.38. The zero-order valence-electron chi connectivity index (χ0n) is 15.7. The maximum atomic E-state index is 12.6. The van der Waals surface area contributed by atoms with Crippen LogP contribution in [0.4, 0.5) is 5.82 Å². The van der Waals surface area contributed by atoms with Crippen molar-refractivity contribution in [3.63, 3.8) is 0 Å². The first-order chi connectivity index (χ1) is 14.0. The molecule has 1 N–H and O–H groups in total. The Morgan fingerprint density at radius 1 is 1.03 bits per heavy atom. The zero-order valence-corrected chi connectivity index (χ0v) is 16.4. The van der Waals surface area contributed by atoms with Crippen molar-refractivity contribution in [2.24, 2.45) is 0 Å². The van der Waals surface area contributed by atoms with E-state index in [1.54, 1.807) is 30.3 Å². The Labute approximate surface area is 173 Å². The van der Waals surface area contributed by atoms with E-state index in [9.17, 15) is 9.59 Å². The highest BCUT2D eigenvalue weighted by molar-refractivity contribution is 6.30. The van der Waals surface area contributed by atoms with Crippen molar-refractivity contribution >= 4 is 29.3 Å². The highest BCUT2D eigenvalue weighted by Crippen LogP contribution is 2.17. The molecule has 0 radical (unpaired) electrons. The van der Waals surface area contributed by atoms with Crippen LogP contribution in [0.15, 0.2) is 72.9 Å². The molecule has 1 atom stereocenters. The molecular weight excluding hydrogens is 392 g/mol. The average Bonchev–Trinajstić information content (AvgIpc) is 2.74. The van der Waals surface area contributed by atoms with Crippen LogP contribution in [0.2, 0.25) is 5.02 Å². The van der Waals surface area contributed by atoms with E-state index in [4.69, 9.17) is 21.1 Å². The van der Waals surface area contributed by atoms with E-state index in [-0.39, 0.29) is 6.61 Å². The molecule has 0 fully saturated rings. The van der Waals surface area contributed by atoms with Crippen molar-refractivity contribution in [3.05, 3.63) is 89.1 Å². The number of halogens is 1. The summed E-state index contributed by atoms with van der Waals surface area (Å²) in [7, 11) is 0. The van der Waals surface area contributed by atoms with Gasteiger partial charge in [-0.25, -0.2) is 9.78 Å². The SMILES string of the molecule is CC(OC(=O)c1ccccc1COc1ccccc1)C(=O)Nc1ccc(Cl)cn1. The van der Waals surface area contributed by atoms with Gasteiger partial charge in [0.05, 0.1) is 10.6 Å². The molecule has 7 heteroatoms. The summed E-state index contributed by atoms with van der Waals surface area (Å²) in [6.07, 6.45) is 0.402. The monoisotopic (exact) mass is 410 g/mol. The molecule has 0 bridgehead atoms. The second-order valence-electron chi connectivity index (χ2n) is 6.16. The number of anilines is 1. The van der Waals surface area contributed by atoms with Crippen molar-refractivity contribution < 1.29 is 19.1 Å². The summed E-state index contributed by atoms with van der Waals surface area (Å²) in [6.45, 7) is 1.69. The Balaban J connectivity index is 1.62. The fourth-order valence-corrected chi connectivity index (χ4v) is 2.59. The first-order valence-corrected chi connectivity index (χ1v) is 9.30. The molecular formula is C22H19ClN2O4. The number of carbonyl (C=O) groups excluding carboxylic acids is 2. The number of ether oxygens (including phenoxy) is 2. The highest BCUT2D eigenvalue weighted by Gasteiger charge is 2.21. The van der Waals surface area contributed by atoms with Crippen LogP contribution in [0, 0.1) is 0 Å². The molecule has 3 rings (SSSR count). The van der Waals surface area contributed by atoms with Gasteiger partial charge in [-0.05, 0) is 37.3 Å². The number of nitrogens with zero attached hydrogens (tertiary/aromatic N) is 1. The number of carbonyl (C=O) groups is 2. The summed E-state index contributed by atoms with van der Waals surface area (Å²) in [5.74, 6) is -0.0898. The number of hydrogen-bond acceptors (Lipinski definition) is 5. The highest BCUT2D eigenvalue weighted by atomic mass is 35.5. The Kier molecular flexibility index (Phi) is 6.81. The lowest BCUT2D eigenvalue weighted by Crippen LogP contribution is -2.30. The normalized spacial score (nSPS) is 11.4. The summed E-state index contributed by atoms with van der Waals surface area (Å²) in [4.78, 5) is 28.9. The van der Waals surface area contributed by atoms with Gasteiger partial charge in [-0.1, -0.05) is 48.0 Å². The lowest BCUT2D eigenvalue weighted by Gasteiger charge is -2.15. The molecule has 29 heavy (non-hydrogen) atoms. The molecule has 1 amide bonds. The number of aromatic nitrogens is 1. The fraction of sp³-hybridized carbons (Fsp3) is 0.136. The van der Waals surface area contributed by atoms with Gasteiger partial charge in [-0.2, -0.15) is 0 Å². The van der Waals surface area contributed by atoms with Crippen LogP contribution in [0.1, 0.15) is 22.8 Å². The van der Waals surface area contributed by atoms with E-state index in [1.807, 2.05) is 36.4 Å². The van der Waals surface area contributed by atoms with Gasteiger partial charge in [-0.15, -0.1) is 0 Å². The van der Waals surface area contributed by atoms with E-state index in [0.717, 1.165) is 0 Å². The first kappa shape index (κ1) is 20.4. The predicted octanol–water partition coefficient (Wildman–Crippen LogP) is 4.50. The van der Waals surface area contributed by atoms with E-state index < -0.39 is 18.0 Å². The van der Waals surface area contributed by atoms with Gasteiger partial charge in [0.15, 0.2) is 6.10 Å². The van der Waals surface area contributed by atoms with Crippen LogP contribution in [-0.4, -0.2) is 23.0 Å². The second kappa shape index (κ2) is 9.71. The smallest absolute Gasteiger partial charge is 0.339 e. The average molecular weight is 411 g/mol. The molecule has 0 saturated heterocycles. The minimum atomic E-state index is -1.01. The summed E-state index contributed by atoms with van der Waals surface area (Å²) in [6, 6.07) is 19.4. The molecule has 6 nitrogen and oxygen atoms in total. The van der Waals surface area contributed by atoms with Crippen LogP contribution >= 0.6 is 11.6 Å². The molecule has 1 heterocycles.